The largest absolute Gasteiger partial charge is 0.330 e. The Bertz CT molecular complexity index is 364. The number of rotatable bonds is 0. The number of aliphatic imine (C=N–C) groups is 1. The van der Waals surface area contributed by atoms with E-state index in [2.05, 4.69) is 25.5 Å². The molecule has 2 aliphatic rings. The van der Waals surface area contributed by atoms with Crippen LogP contribution in [0, 0.1) is 0 Å². The first kappa shape index (κ1) is 5.76. The highest BCUT2D eigenvalue weighted by Gasteiger charge is 2.26. The van der Waals surface area contributed by atoms with Gasteiger partial charge < -0.3 is 4.98 Å². The first-order valence-corrected chi connectivity index (χ1v) is 3.59. The van der Waals surface area contributed by atoms with Crippen LogP contribution in [0.25, 0.3) is 0 Å². The molecule has 6 heteroatoms. The lowest BCUT2D eigenvalue weighted by molar-refractivity contribution is 0.604. The number of hydrazone groups is 1. The van der Waals surface area contributed by atoms with Gasteiger partial charge in [-0.25, -0.2) is 9.98 Å². The molecule has 0 fully saturated rings. The van der Waals surface area contributed by atoms with Gasteiger partial charge in [0.15, 0.2) is 0 Å². The van der Waals surface area contributed by atoms with Crippen molar-refractivity contribution < 1.29 is 0 Å². The summed E-state index contributed by atoms with van der Waals surface area (Å²) in [5, 5.41) is 3.90. The highest BCUT2D eigenvalue weighted by molar-refractivity contribution is 5.93. The van der Waals surface area contributed by atoms with Crippen LogP contribution in [0.3, 0.4) is 0 Å². The van der Waals surface area contributed by atoms with Crippen LogP contribution in [0.15, 0.2) is 16.4 Å². The maximum Gasteiger partial charge on any atom is 0.217 e. The lowest BCUT2D eigenvalue weighted by Gasteiger charge is -2.21. The van der Waals surface area contributed by atoms with Gasteiger partial charge in [-0.2, -0.15) is 5.10 Å². The van der Waals surface area contributed by atoms with E-state index in [1.807, 2.05) is 4.90 Å². The number of anilines is 1. The van der Waals surface area contributed by atoms with Crippen LogP contribution < -0.4 is 10.3 Å². The van der Waals surface area contributed by atoms with E-state index < -0.39 is 0 Å². The van der Waals surface area contributed by atoms with Gasteiger partial charge in [0, 0.05) is 0 Å². The van der Waals surface area contributed by atoms with Crippen molar-refractivity contribution in [3.05, 3.63) is 12.0 Å². The predicted molar refractivity (Wildman–Crippen MR) is 44.1 cm³/mol. The summed E-state index contributed by atoms with van der Waals surface area (Å²) >= 11 is 0. The Morgan fingerprint density at radius 2 is 2.50 bits per heavy atom. The van der Waals surface area contributed by atoms with E-state index in [1.54, 1.807) is 18.9 Å². The second-order valence-electron chi connectivity index (χ2n) is 2.57. The van der Waals surface area contributed by atoms with Crippen molar-refractivity contribution in [3.63, 3.8) is 0 Å². The predicted octanol–water partition coefficient (Wildman–Crippen LogP) is -0.521. The van der Waals surface area contributed by atoms with Gasteiger partial charge in [0.25, 0.3) is 0 Å². The quantitative estimate of drug-likeness (QED) is 0.539. The van der Waals surface area contributed by atoms with Crippen molar-refractivity contribution in [2.45, 2.75) is 6.29 Å². The molecular formula is C6H6N6. The van der Waals surface area contributed by atoms with Crippen molar-refractivity contribution >= 4 is 18.4 Å². The molecule has 60 valence electrons. The normalized spacial score (nSPS) is 23.7. The molecule has 0 aliphatic carbocycles. The minimum Gasteiger partial charge on any atom is -0.330 e. The fourth-order valence-electron chi connectivity index (χ4n) is 1.31. The van der Waals surface area contributed by atoms with Crippen LogP contribution in [-0.4, -0.2) is 28.8 Å². The highest BCUT2D eigenvalue weighted by atomic mass is 15.6. The molecule has 3 rings (SSSR count). The molecule has 6 nitrogen and oxygen atoms in total. The summed E-state index contributed by atoms with van der Waals surface area (Å²) in [5.74, 6) is 0.934. The van der Waals surface area contributed by atoms with Crippen LogP contribution in [0.4, 0.5) is 5.82 Å². The molecule has 0 amide bonds. The van der Waals surface area contributed by atoms with Gasteiger partial charge in [0.05, 0.1) is 12.5 Å². The zero-order valence-electron chi connectivity index (χ0n) is 6.10. The van der Waals surface area contributed by atoms with Crippen molar-refractivity contribution in [2.75, 3.05) is 4.90 Å². The number of nitrogens with one attached hydrogen (secondary N) is 2. The molecule has 0 aromatic carbocycles. The molecular weight excluding hydrogens is 156 g/mol. The van der Waals surface area contributed by atoms with Crippen LogP contribution in [0.1, 0.15) is 5.69 Å². The maximum absolute atomic E-state index is 4.19. The third kappa shape index (κ3) is 0.565. The Morgan fingerprint density at radius 1 is 1.50 bits per heavy atom. The van der Waals surface area contributed by atoms with Gasteiger partial charge in [0.2, 0.25) is 6.29 Å². The topological polar surface area (TPSA) is 68.7 Å². The summed E-state index contributed by atoms with van der Waals surface area (Å²) in [6.45, 7) is 0. The average Bonchev–Trinajstić information content (AvgIpc) is 2.71. The first-order chi connectivity index (χ1) is 5.95. The maximum atomic E-state index is 4.19. The molecule has 1 aromatic heterocycles. The fourth-order valence-corrected chi connectivity index (χ4v) is 1.31. The van der Waals surface area contributed by atoms with E-state index in [0.29, 0.717) is 0 Å². The molecule has 3 heterocycles. The summed E-state index contributed by atoms with van der Waals surface area (Å²) in [7, 11) is 0. The molecule has 1 atom stereocenters. The number of hydrogen-bond donors (Lipinski definition) is 2. The highest BCUT2D eigenvalue weighted by Crippen LogP contribution is 2.20. The Hall–Kier alpha value is -1.85. The minimum atomic E-state index is -0.0991. The van der Waals surface area contributed by atoms with E-state index in [0.717, 1.165) is 11.5 Å². The average molecular weight is 162 g/mol. The Balaban J connectivity index is 2.17. The van der Waals surface area contributed by atoms with Crippen LogP contribution >= 0.6 is 0 Å². The zero-order valence-corrected chi connectivity index (χ0v) is 6.10. The zero-order chi connectivity index (χ0) is 7.97. The molecule has 0 radical (unpaired) electrons. The first-order valence-electron chi connectivity index (χ1n) is 3.59. The molecule has 1 aromatic rings. The van der Waals surface area contributed by atoms with E-state index in [4.69, 9.17) is 0 Å². The van der Waals surface area contributed by atoms with Gasteiger partial charge in [-0.3, -0.25) is 10.3 Å². The summed E-state index contributed by atoms with van der Waals surface area (Å²) < 4.78 is 0. The van der Waals surface area contributed by atoms with Crippen LogP contribution in [0.5, 0.6) is 0 Å². The SMILES string of the molecule is C1=NNC2N=Cc3nc[nH]c3N12. The van der Waals surface area contributed by atoms with E-state index >= 15 is 0 Å². The third-order valence-electron chi connectivity index (χ3n) is 1.88. The molecule has 2 aliphatic heterocycles. The molecule has 0 spiro atoms. The Morgan fingerprint density at radius 3 is 3.50 bits per heavy atom. The second-order valence-corrected chi connectivity index (χ2v) is 2.57. The van der Waals surface area contributed by atoms with E-state index in [-0.39, 0.29) is 6.29 Å². The van der Waals surface area contributed by atoms with Crippen molar-refractivity contribution in [1.29, 1.82) is 0 Å². The molecule has 1 unspecified atom stereocenters. The van der Waals surface area contributed by atoms with Gasteiger partial charge in [-0.05, 0) is 0 Å². The molecule has 12 heavy (non-hydrogen) atoms. The number of nitrogens with zero attached hydrogens (tertiary/aromatic N) is 4. The minimum absolute atomic E-state index is 0.0991. The van der Waals surface area contributed by atoms with Gasteiger partial charge in [-0.1, -0.05) is 0 Å². The van der Waals surface area contributed by atoms with E-state index in [1.165, 1.54) is 0 Å². The lowest BCUT2D eigenvalue weighted by Crippen LogP contribution is -2.38. The smallest absolute Gasteiger partial charge is 0.217 e. The standard InChI is InChI=1S/C6H6N6/c1-4-5(9-2-8-4)12-3-10-11-6(12)7-1/h1-3,6,11H,(H,8,9). The Kier molecular flexibility index (Phi) is 0.885. The van der Waals surface area contributed by atoms with Gasteiger partial charge in [0.1, 0.15) is 17.9 Å². The number of fused-ring (bicyclic) bond motifs is 3. The lowest BCUT2D eigenvalue weighted by atomic mass is 10.4. The number of hydrogen-bond acceptors (Lipinski definition) is 5. The molecule has 0 saturated carbocycles. The molecule has 2 N–H and O–H groups in total. The van der Waals surface area contributed by atoms with Gasteiger partial charge in [-0.15, -0.1) is 0 Å². The summed E-state index contributed by atoms with van der Waals surface area (Å²) in [6, 6.07) is 0. The molecule has 0 bridgehead atoms. The summed E-state index contributed by atoms with van der Waals surface area (Å²) in [6.07, 6.45) is 4.97. The van der Waals surface area contributed by atoms with Gasteiger partial charge >= 0.3 is 0 Å². The van der Waals surface area contributed by atoms with Crippen molar-refractivity contribution in [3.8, 4) is 0 Å². The van der Waals surface area contributed by atoms with Crippen LogP contribution in [-0.2, 0) is 0 Å². The summed E-state index contributed by atoms with van der Waals surface area (Å²) in [4.78, 5) is 13.2. The van der Waals surface area contributed by atoms with Crippen molar-refractivity contribution in [2.24, 2.45) is 10.1 Å². The van der Waals surface area contributed by atoms with Crippen LogP contribution in [0.2, 0.25) is 0 Å². The number of aromatic nitrogens is 2. The Labute approximate surface area is 68.0 Å². The number of H-pyrrole nitrogens is 1. The second kappa shape index (κ2) is 1.84. The number of aromatic amines is 1. The fraction of sp³-hybridized carbons (Fsp3) is 0.167. The number of imidazole rings is 1. The molecule has 0 saturated heterocycles. The van der Waals surface area contributed by atoms with Crippen molar-refractivity contribution in [1.82, 2.24) is 15.4 Å². The monoisotopic (exact) mass is 162 g/mol. The summed E-state index contributed by atoms with van der Waals surface area (Å²) in [5.41, 5.74) is 3.69. The van der Waals surface area contributed by atoms with E-state index in [9.17, 15) is 0 Å². The third-order valence-corrected chi connectivity index (χ3v) is 1.88.